The summed E-state index contributed by atoms with van der Waals surface area (Å²) in [5, 5.41) is 3.10. The lowest BCUT2D eigenvalue weighted by molar-refractivity contribution is 0.142. The maximum Gasteiger partial charge on any atom is 0.137 e. The molecular formula is C9H9BrFNO. The molecule has 0 atom stereocenters. The standard InChI is InChI=1S/C9H9BrFNO/c10-8-3-6(1-2-9(8)11)13-7-4-12-5-7/h1-3,7,12H,4-5H2. The molecule has 0 bridgehead atoms. The van der Waals surface area contributed by atoms with E-state index in [0.717, 1.165) is 13.1 Å². The van der Waals surface area contributed by atoms with Crippen LogP contribution in [0.5, 0.6) is 5.75 Å². The first-order chi connectivity index (χ1) is 6.25. The van der Waals surface area contributed by atoms with Gasteiger partial charge in [0.15, 0.2) is 0 Å². The molecule has 4 heteroatoms. The van der Waals surface area contributed by atoms with Crippen LogP contribution in [0, 0.1) is 5.82 Å². The molecule has 0 amide bonds. The van der Waals surface area contributed by atoms with Gasteiger partial charge in [-0.3, -0.25) is 0 Å². The van der Waals surface area contributed by atoms with Crippen LogP contribution in [0.2, 0.25) is 0 Å². The lowest BCUT2D eigenvalue weighted by Crippen LogP contribution is -2.50. The number of ether oxygens (including phenoxy) is 1. The zero-order valence-corrected chi connectivity index (χ0v) is 8.47. The SMILES string of the molecule is Fc1ccc(OC2CNC2)cc1Br. The lowest BCUT2D eigenvalue weighted by atomic mass is 10.2. The van der Waals surface area contributed by atoms with E-state index in [2.05, 4.69) is 21.2 Å². The van der Waals surface area contributed by atoms with Crippen LogP contribution in [0.4, 0.5) is 4.39 Å². The van der Waals surface area contributed by atoms with E-state index in [1.807, 2.05) is 0 Å². The summed E-state index contributed by atoms with van der Waals surface area (Å²) in [5.74, 6) is 0.443. The minimum Gasteiger partial charge on any atom is -0.488 e. The molecule has 0 unspecified atom stereocenters. The van der Waals surface area contributed by atoms with E-state index in [0.29, 0.717) is 10.2 Å². The zero-order valence-electron chi connectivity index (χ0n) is 6.89. The monoisotopic (exact) mass is 245 g/mol. The minimum atomic E-state index is -0.265. The second-order valence-corrected chi connectivity index (χ2v) is 3.83. The molecule has 2 nitrogen and oxygen atoms in total. The van der Waals surface area contributed by atoms with Crippen molar-refractivity contribution in [2.75, 3.05) is 13.1 Å². The van der Waals surface area contributed by atoms with E-state index < -0.39 is 0 Å². The Bertz CT molecular complexity index is 314. The van der Waals surface area contributed by atoms with E-state index in [4.69, 9.17) is 4.74 Å². The number of halogens is 2. The molecule has 0 aromatic heterocycles. The third kappa shape index (κ3) is 2.00. The summed E-state index contributed by atoms with van der Waals surface area (Å²) >= 11 is 3.11. The van der Waals surface area contributed by atoms with Crippen molar-refractivity contribution >= 4 is 15.9 Å². The van der Waals surface area contributed by atoms with Crippen molar-refractivity contribution in [3.05, 3.63) is 28.5 Å². The molecule has 1 heterocycles. The van der Waals surface area contributed by atoms with E-state index in [1.54, 1.807) is 12.1 Å². The average molecular weight is 246 g/mol. The Labute approximate surface area is 84.2 Å². The third-order valence-corrected chi connectivity index (χ3v) is 2.55. The quantitative estimate of drug-likeness (QED) is 0.860. The van der Waals surface area contributed by atoms with Crippen LogP contribution in [0.3, 0.4) is 0 Å². The van der Waals surface area contributed by atoms with Crippen LogP contribution in [-0.2, 0) is 0 Å². The van der Waals surface area contributed by atoms with Crippen LogP contribution < -0.4 is 10.1 Å². The van der Waals surface area contributed by atoms with Crippen molar-refractivity contribution in [3.63, 3.8) is 0 Å². The molecule has 0 radical (unpaired) electrons. The van der Waals surface area contributed by atoms with E-state index in [9.17, 15) is 4.39 Å². The van der Waals surface area contributed by atoms with Gasteiger partial charge in [0.2, 0.25) is 0 Å². The van der Waals surface area contributed by atoms with Crippen molar-refractivity contribution < 1.29 is 9.13 Å². The summed E-state index contributed by atoms with van der Waals surface area (Å²) in [7, 11) is 0. The summed E-state index contributed by atoms with van der Waals surface area (Å²) in [6, 6.07) is 4.68. The molecule has 0 aliphatic carbocycles. The molecule has 13 heavy (non-hydrogen) atoms. The fraction of sp³-hybridized carbons (Fsp3) is 0.333. The molecule has 1 aromatic carbocycles. The van der Waals surface area contributed by atoms with Crippen LogP contribution in [0.15, 0.2) is 22.7 Å². The summed E-state index contributed by atoms with van der Waals surface area (Å²) in [6.45, 7) is 1.74. The van der Waals surface area contributed by atoms with Gasteiger partial charge in [0, 0.05) is 13.1 Å². The molecule has 0 spiro atoms. The molecule has 1 aliphatic heterocycles. The Morgan fingerprint density at radius 1 is 1.46 bits per heavy atom. The minimum absolute atomic E-state index is 0.234. The summed E-state index contributed by atoms with van der Waals surface area (Å²) in [4.78, 5) is 0. The summed E-state index contributed by atoms with van der Waals surface area (Å²) in [6.07, 6.45) is 0.234. The van der Waals surface area contributed by atoms with E-state index >= 15 is 0 Å². The van der Waals surface area contributed by atoms with Gasteiger partial charge in [0.05, 0.1) is 4.47 Å². The average Bonchev–Trinajstić information content (AvgIpc) is 2.04. The Morgan fingerprint density at radius 3 is 2.77 bits per heavy atom. The second-order valence-electron chi connectivity index (χ2n) is 2.97. The van der Waals surface area contributed by atoms with Crippen molar-refractivity contribution in [1.29, 1.82) is 0 Å². The molecular weight excluding hydrogens is 237 g/mol. The molecule has 1 aromatic rings. The van der Waals surface area contributed by atoms with Crippen LogP contribution in [-0.4, -0.2) is 19.2 Å². The maximum absolute atomic E-state index is 12.8. The van der Waals surface area contributed by atoms with Gasteiger partial charge in [-0.25, -0.2) is 4.39 Å². The molecule has 2 rings (SSSR count). The highest BCUT2D eigenvalue weighted by Gasteiger charge is 2.18. The molecule has 1 fully saturated rings. The highest BCUT2D eigenvalue weighted by atomic mass is 79.9. The van der Waals surface area contributed by atoms with Gasteiger partial charge in [0.1, 0.15) is 17.7 Å². The van der Waals surface area contributed by atoms with Crippen molar-refractivity contribution in [2.24, 2.45) is 0 Å². The summed E-state index contributed by atoms with van der Waals surface area (Å²) in [5.41, 5.74) is 0. The first kappa shape index (κ1) is 8.97. The van der Waals surface area contributed by atoms with E-state index in [-0.39, 0.29) is 11.9 Å². The molecule has 1 aliphatic rings. The largest absolute Gasteiger partial charge is 0.488 e. The predicted molar refractivity (Wildman–Crippen MR) is 51.4 cm³/mol. The first-order valence-electron chi connectivity index (χ1n) is 4.08. The van der Waals surface area contributed by atoms with E-state index in [1.165, 1.54) is 6.07 Å². The number of hydrogen-bond donors (Lipinski definition) is 1. The van der Waals surface area contributed by atoms with Gasteiger partial charge >= 0.3 is 0 Å². The van der Waals surface area contributed by atoms with Gasteiger partial charge < -0.3 is 10.1 Å². The maximum atomic E-state index is 12.8. The van der Waals surface area contributed by atoms with Crippen LogP contribution in [0.1, 0.15) is 0 Å². The Kier molecular flexibility index (Phi) is 2.51. The summed E-state index contributed by atoms with van der Waals surface area (Å²) < 4.78 is 18.8. The fourth-order valence-corrected chi connectivity index (χ4v) is 1.45. The molecule has 1 saturated heterocycles. The smallest absolute Gasteiger partial charge is 0.137 e. The highest BCUT2D eigenvalue weighted by Crippen LogP contribution is 2.22. The van der Waals surface area contributed by atoms with Gasteiger partial charge in [-0.1, -0.05) is 0 Å². The number of nitrogens with one attached hydrogen (secondary N) is 1. The van der Waals surface area contributed by atoms with Crippen molar-refractivity contribution in [3.8, 4) is 5.75 Å². The van der Waals surface area contributed by atoms with Gasteiger partial charge in [-0.15, -0.1) is 0 Å². The lowest BCUT2D eigenvalue weighted by Gasteiger charge is -2.27. The topological polar surface area (TPSA) is 21.3 Å². The Morgan fingerprint density at radius 2 is 2.23 bits per heavy atom. The van der Waals surface area contributed by atoms with Crippen LogP contribution in [0.25, 0.3) is 0 Å². The molecule has 0 saturated carbocycles. The number of rotatable bonds is 2. The first-order valence-corrected chi connectivity index (χ1v) is 4.87. The number of benzene rings is 1. The Hall–Kier alpha value is -0.610. The van der Waals surface area contributed by atoms with Gasteiger partial charge in [-0.05, 0) is 34.1 Å². The number of hydrogen-bond acceptors (Lipinski definition) is 2. The zero-order chi connectivity index (χ0) is 9.26. The third-order valence-electron chi connectivity index (χ3n) is 1.94. The van der Waals surface area contributed by atoms with Crippen LogP contribution >= 0.6 is 15.9 Å². The van der Waals surface area contributed by atoms with Gasteiger partial charge in [0.25, 0.3) is 0 Å². The van der Waals surface area contributed by atoms with Crippen molar-refractivity contribution in [2.45, 2.75) is 6.10 Å². The fourth-order valence-electron chi connectivity index (χ4n) is 1.09. The van der Waals surface area contributed by atoms with Gasteiger partial charge in [-0.2, -0.15) is 0 Å². The predicted octanol–water partition coefficient (Wildman–Crippen LogP) is 1.94. The molecule has 70 valence electrons. The second kappa shape index (κ2) is 3.64. The molecule has 1 N–H and O–H groups in total. The van der Waals surface area contributed by atoms with Crippen molar-refractivity contribution in [1.82, 2.24) is 5.32 Å². The Balaban J connectivity index is 2.07. The normalized spacial score (nSPS) is 16.8. The highest BCUT2D eigenvalue weighted by molar-refractivity contribution is 9.10.